The summed E-state index contributed by atoms with van der Waals surface area (Å²) in [6.07, 6.45) is 3.91. The molecule has 1 heterocycles. The molecule has 1 atom stereocenters. The summed E-state index contributed by atoms with van der Waals surface area (Å²) in [6.45, 7) is 2.03. The van der Waals surface area contributed by atoms with E-state index in [0.717, 1.165) is 28.8 Å². The molecule has 0 amide bonds. The summed E-state index contributed by atoms with van der Waals surface area (Å²) < 4.78 is 1.99. The average molecular weight is 362 g/mol. The van der Waals surface area contributed by atoms with Crippen LogP contribution in [0, 0.1) is 0 Å². The number of aromatic nitrogens is 2. The van der Waals surface area contributed by atoms with Gasteiger partial charge in [0.15, 0.2) is 0 Å². The second-order valence-electron chi connectivity index (χ2n) is 7.44. The fourth-order valence-electron chi connectivity index (χ4n) is 3.72. The van der Waals surface area contributed by atoms with Gasteiger partial charge in [-0.15, -0.1) is 0 Å². The second-order valence-corrected chi connectivity index (χ2v) is 7.44. The predicted octanol–water partition coefficient (Wildman–Crippen LogP) is 4.55. The molecule has 0 radical (unpaired) electrons. The molecular weight excluding hydrogens is 336 g/mol. The van der Waals surface area contributed by atoms with Crippen molar-refractivity contribution in [3.8, 4) is 11.1 Å². The van der Waals surface area contributed by atoms with Gasteiger partial charge in [0.05, 0.1) is 22.6 Å². The lowest BCUT2D eigenvalue weighted by molar-refractivity contribution is -0.107. The largest absolute Gasteiger partial charge is 0.386 e. The zero-order chi connectivity index (χ0) is 19.0. The molecule has 1 aliphatic rings. The zero-order valence-electron chi connectivity index (χ0n) is 16.1. The monoisotopic (exact) mass is 362 g/mol. The van der Waals surface area contributed by atoms with E-state index in [9.17, 15) is 4.79 Å². The van der Waals surface area contributed by atoms with Crippen LogP contribution in [0.3, 0.4) is 0 Å². The SMILES string of the molecule is CNc1cccc(-c2ccc3c(c2)c(C2CC2)nn3C)c1NC(C)CC=O. The highest BCUT2D eigenvalue weighted by molar-refractivity contribution is 5.93. The number of rotatable bonds is 7. The normalized spacial score (nSPS) is 14.9. The molecule has 0 bridgehead atoms. The summed E-state index contributed by atoms with van der Waals surface area (Å²) in [4.78, 5) is 10.9. The Labute approximate surface area is 159 Å². The third-order valence-electron chi connectivity index (χ3n) is 5.33. The second kappa shape index (κ2) is 7.06. The molecule has 1 saturated carbocycles. The summed E-state index contributed by atoms with van der Waals surface area (Å²) in [6, 6.07) is 12.9. The zero-order valence-corrected chi connectivity index (χ0v) is 16.1. The summed E-state index contributed by atoms with van der Waals surface area (Å²) in [5.74, 6) is 0.609. The van der Waals surface area contributed by atoms with Crippen molar-refractivity contribution < 1.29 is 4.79 Å². The van der Waals surface area contributed by atoms with Gasteiger partial charge < -0.3 is 15.4 Å². The van der Waals surface area contributed by atoms with E-state index in [0.29, 0.717) is 12.3 Å². The molecule has 1 aliphatic carbocycles. The summed E-state index contributed by atoms with van der Waals surface area (Å²) >= 11 is 0. The highest BCUT2D eigenvalue weighted by Gasteiger charge is 2.28. The van der Waals surface area contributed by atoms with Crippen LogP contribution in [0.5, 0.6) is 0 Å². The molecule has 0 aliphatic heterocycles. The highest BCUT2D eigenvalue weighted by atomic mass is 16.1. The Kier molecular flexibility index (Phi) is 4.60. The van der Waals surface area contributed by atoms with Crippen LogP contribution in [0.4, 0.5) is 11.4 Å². The van der Waals surface area contributed by atoms with Gasteiger partial charge in [-0.05, 0) is 43.5 Å². The van der Waals surface area contributed by atoms with E-state index >= 15 is 0 Å². The Bertz CT molecular complexity index is 987. The minimum Gasteiger partial charge on any atom is -0.386 e. The fraction of sp³-hybridized carbons (Fsp3) is 0.364. The van der Waals surface area contributed by atoms with Crippen LogP contribution in [0.25, 0.3) is 22.0 Å². The number of anilines is 2. The third kappa shape index (κ3) is 3.29. The van der Waals surface area contributed by atoms with Crippen LogP contribution < -0.4 is 10.6 Å². The molecule has 0 saturated heterocycles. The van der Waals surface area contributed by atoms with Crippen molar-refractivity contribution in [1.82, 2.24) is 9.78 Å². The predicted molar refractivity (Wildman–Crippen MR) is 111 cm³/mol. The van der Waals surface area contributed by atoms with Gasteiger partial charge in [0.1, 0.15) is 6.29 Å². The van der Waals surface area contributed by atoms with E-state index in [1.54, 1.807) is 0 Å². The summed E-state index contributed by atoms with van der Waals surface area (Å²) in [7, 11) is 3.94. The number of hydrogen-bond acceptors (Lipinski definition) is 4. The van der Waals surface area contributed by atoms with Crippen molar-refractivity contribution in [1.29, 1.82) is 0 Å². The number of benzene rings is 2. The molecule has 3 aromatic rings. The topological polar surface area (TPSA) is 59.0 Å². The van der Waals surface area contributed by atoms with Crippen molar-refractivity contribution in [3.05, 3.63) is 42.1 Å². The maximum atomic E-state index is 10.9. The molecule has 1 aromatic heterocycles. The maximum absolute atomic E-state index is 10.9. The van der Waals surface area contributed by atoms with Gasteiger partial charge in [0, 0.05) is 43.4 Å². The van der Waals surface area contributed by atoms with Crippen molar-refractivity contribution in [2.24, 2.45) is 7.05 Å². The summed E-state index contributed by atoms with van der Waals surface area (Å²) in [5.41, 5.74) is 6.75. The number of nitrogens with zero attached hydrogens (tertiary/aromatic N) is 2. The Balaban J connectivity index is 1.82. The van der Waals surface area contributed by atoms with E-state index in [4.69, 9.17) is 5.10 Å². The lowest BCUT2D eigenvalue weighted by Crippen LogP contribution is -2.17. The van der Waals surface area contributed by atoms with Crippen molar-refractivity contribution in [3.63, 3.8) is 0 Å². The number of aldehydes is 1. The van der Waals surface area contributed by atoms with Gasteiger partial charge in [-0.3, -0.25) is 4.68 Å². The smallest absolute Gasteiger partial charge is 0.122 e. The number of carbonyl (C=O) groups excluding carboxylic acids is 1. The Morgan fingerprint density at radius 3 is 2.81 bits per heavy atom. The van der Waals surface area contributed by atoms with E-state index < -0.39 is 0 Å². The quantitative estimate of drug-likeness (QED) is 0.606. The Hall–Kier alpha value is -2.82. The van der Waals surface area contributed by atoms with Gasteiger partial charge in [0.25, 0.3) is 0 Å². The first-order valence-electron chi connectivity index (χ1n) is 9.60. The van der Waals surface area contributed by atoms with E-state index in [-0.39, 0.29) is 6.04 Å². The molecule has 27 heavy (non-hydrogen) atoms. The van der Waals surface area contributed by atoms with Gasteiger partial charge in [-0.2, -0.15) is 5.10 Å². The minimum absolute atomic E-state index is 0.0694. The molecular formula is C22H26N4O. The van der Waals surface area contributed by atoms with E-state index in [1.807, 2.05) is 25.7 Å². The third-order valence-corrected chi connectivity index (χ3v) is 5.33. The Morgan fingerprint density at radius 2 is 2.11 bits per heavy atom. The lowest BCUT2D eigenvalue weighted by atomic mass is 9.99. The number of carbonyl (C=O) groups is 1. The van der Waals surface area contributed by atoms with Gasteiger partial charge in [-0.1, -0.05) is 18.2 Å². The lowest BCUT2D eigenvalue weighted by Gasteiger charge is -2.20. The first-order valence-corrected chi connectivity index (χ1v) is 9.60. The van der Waals surface area contributed by atoms with Crippen LogP contribution in [0.15, 0.2) is 36.4 Å². The standard InChI is InChI=1S/C22H26N4O/c1-14(11-12-27)24-22-17(5-4-6-19(22)23-2)16-9-10-20-18(13-16)21(15-7-8-15)25-26(20)3/h4-6,9-10,12-15,23-24H,7-8,11H2,1-3H3. The van der Waals surface area contributed by atoms with Crippen LogP contribution in [0.1, 0.15) is 37.8 Å². The number of nitrogens with one attached hydrogen (secondary N) is 2. The molecule has 2 aromatic carbocycles. The van der Waals surface area contributed by atoms with Gasteiger partial charge in [0.2, 0.25) is 0 Å². The molecule has 140 valence electrons. The molecule has 5 heteroatoms. The van der Waals surface area contributed by atoms with Crippen LogP contribution in [-0.2, 0) is 11.8 Å². The fourth-order valence-corrected chi connectivity index (χ4v) is 3.72. The summed E-state index contributed by atoms with van der Waals surface area (Å²) in [5, 5.41) is 12.8. The van der Waals surface area contributed by atoms with Crippen LogP contribution in [0.2, 0.25) is 0 Å². The number of para-hydroxylation sites is 1. The molecule has 5 nitrogen and oxygen atoms in total. The maximum Gasteiger partial charge on any atom is 0.122 e. The van der Waals surface area contributed by atoms with Gasteiger partial charge in [-0.25, -0.2) is 0 Å². The number of hydrogen-bond donors (Lipinski definition) is 2. The Morgan fingerprint density at radius 1 is 1.30 bits per heavy atom. The first kappa shape index (κ1) is 17.6. The molecule has 4 rings (SSSR count). The molecule has 0 spiro atoms. The molecule has 2 N–H and O–H groups in total. The molecule has 1 fully saturated rings. The van der Waals surface area contributed by atoms with E-state index in [1.165, 1.54) is 29.4 Å². The van der Waals surface area contributed by atoms with Crippen molar-refractivity contribution in [2.75, 3.05) is 17.7 Å². The highest BCUT2D eigenvalue weighted by Crippen LogP contribution is 2.43. The average Bonchev–Trinajstić information content (AvgIpc) is 3.46. The first-order chi connectivity index (χ1) is 13.1. The van der Waals surface area contributed by atoms with Crippen molar-refractivity contribution in [2.45, 2.75) is 38.1 Å². The number of fused-ring (bicyclic) bond motifs is 1. The van der Waals surface area contributed by atoms with Crippen LogP contribution >= 0.6 is 0 Å². The van der Waals surface area contributed by atoms with Crippen LogP contribution in [-0.4, -0.2) is 29.2 Å². The number of aryl methyl sites for hydroxylation is 1. The molecule has 1 unspecified atom stereocenters. The van der Waals surface area contributed by atoms with Gasteiger partial charge >= 0.3 is 0 Å². The van der Waals surface area contributed by atoms with E-state index in [2.05, 4.69) is 47.0 Å². The minimum atomic E-state index is 0.0694. The van der Waals surface area contributed by atoms with Crippen molar-refractivity contribution >= 4 is 28.6 Å².